The average molecular weight is 267 g/mol. The number of nitrogens with zero attached hydrogens (tertiary/aromatic N) is 1. The first kappa shape index (κ1) is 15.3. The second-order valence-electron chi connectivity index (χ2n) is 6.59. The molecule has 1 aliphatic heterocycles. The van der Waals surface area contributed by atoms with Crippen LogP contribution in [0.5, 0.6) is 0 Å². The third-order valence-electron chi connectivity index (χ3n) is 4.86. The van der Waals surface area contributed by atoms with Crippen molar-refractivity contribution < 1.29 is 4.74 Å². The lowest BCUT2D eigenvalue weighted by molar-refractivity contribution is -0.0371. The minimum absolute atomic E-state index is 0.440. The molecule has 0 spiro atoms. The summed E-state index contributed by atoms with van der Waals surface area (Å²) in [6.45, 7) is 5.49. The number of hydrogen-bond acceptors (Lipinski definition) is 2. The Labute approximate surface area is 119 Å². The highest BCUT2D eigenvalue weighted by atomic mass is 16.5. The van der Waals surface area contributed by atoms with E-state index in [0.29, 0.717) is 6.10 Å². The second-order valence-corrected chi connectivity index (χ2v) is 6.59. The highest BCUT2D eigenvalue weighted by Crippen LogP contribution is 2.22. The molecule has 2 heteroatoms. The van der Waals surface area contributed by atoms with Gasteiger partial charge in [0.2, 0.25) is 0 Å². The molecule has 0 radical (unpaired) electrons. The molecule has 1 aliphatic carbocycles. The maximum atomic E-state index is 5.69. The van der Waals surface area contributed by atoms with E-state index >= 15 is 0 Å². The molecule has 1 saturated heterocycles. The molecule has 0 N–H and O–H groups in total. The van der Waals surface area contributed by atoms with Crippen molar-refractivity contribution in [2.75, 3.05) is 19.7 Å². The summed E-state index contributed by atoms with van der Waals surface area (Å²) in [6.07, 6.45) is 16.4. The van der Waals surface area contributed by atoms with Crippen molar-refractivity contribution in [3.05, 3.63) is 0 Å². The van der Waals surface area contributed by atoms with Crippen molar-refractivity contribution in [1.29, 1.82) is 0 Å². The Hall–Kier alpha value is -0.0800. The average Bonchev–Trinajstić information content (AvgIpc) is 2.39. The Kier molecular flexibility index (Phi) is 7.23. The highest BCUT2D eigenvalue weighted by molar-refractivity contribution is 4.77. The van der Waals surface area contributed by atoms with Crippen molar-refractivity contribution in [3.63, 3.8) is 0 Å². The van der Waals surface area contributed by atoms with E-state index in [0.717, 1.165) is 25.7 Å². The minimum Gasteiger partial charge on any atom is -0.376 e. The van der Waals surface area contributed by atoms with Crippen LogP contribution >= 0.6 is 0 Å². The van der Waals surface area contributed by atoms with E-state index in [4.69, 9.17) is 4.74 Å². The molecule has 2 aliphatic rings. The first-order valence-corrected chi connectivity index (χ1v) is 8.72. The summed E-state index contributed by atoms with van der Waals surface area (Å²) in [5.74, 6) is 0. The van der Waals surface area contributed by atoms with Gasteiger partial charge in [-0.05, 0) is 19.8 Å². The van der Waals surface area contributed by atoms with Crippen molar-refractivity contribution in [2.45, 2.75) is 89.7 Å². The standard InChI is InChI=1S/C17H33NO/c1-16-15-18(13-14-19-16)17-11-9-7-5-3-2-4-6-8-10-12-17/h16-17H,2-15H2,1H3. The van der Waals surface area contributed by atoms with E-state index in [2.05, 4.69) is 11.8 Å². The summed E-state index contributed by atoms with van der Waals surface area (Å²) in [6, 6.07) is 0.839. The fraction of sp³-hybridized carbons (Fsp3) is 1.00. The zero-order valence-corrected chi connectivity index (χ0v) is 12.9. The SMILES string of the molecule is CC1CN(C2CCCCCCCCCCC2)CCO1. The van der Waals surface area contributed by atoms with Crippen LogP contribution in [0.1, 0.15) is 77.6 Å². The van der Waals surface area contributed by atoms with Crippen molar-refractivity contribution in [1.82, 2.24) is 4.90 Å². The van der Waals surface area contributed by atoms with Crippen molar-refractivity contribution in [2.24, 2.45) is 0 Å². The zero-order valence-electron chi connectivity index (χ0n) is 12.9. The van der Waals surface area contributed by atoms with Crippen LogP contribution in [0.15, 0.2) is 0 Å². The fourth-order valence-corrected chi connectivity index (χ4v) is 3.68. The maximum Gasteiger partial charge on any atom is 0.0674 e. The lowest BCUT2D eigenvalue weighted by Crippen LogP contribution is -2.46. The zero-order chi connectivity index (χ0) is 13.3. The molecule has 1 heterocycles. The van der Waals surface area contributed by atoms with E-state index in [1.54, 1.807) is 0 Å². The Morgan fingerprint density at radius 1 is 0.789 bits per heavy atom. The van der Waals surface area contributed by atoms with Crippen molar-refractivity contribution >= 4 is 0 Å². The van der Waals surface area contributed by atoms with Crippen LogP contribution in [0, 0.1) is 0 Å². The lowest BCUT2D eigenvalue weighted by atomic mass is 9.96. The van der Waals surface area contributed by atoms with Gasteiger partial charge < -0.3 is 4.74 Å². The third kappa shape index (κ3) is 5.83. The van der Waals surface area contributed by atoms with Gasteiger partial charge in [0.15, 0.2) is 0 Å². The predicted molar refractivity (Wildman–Crippen MR) is 81.6 cm³/mol. The first-order chi connectivity index (χ1) is 9.36. The molecule has 19 heavy (non-hydrogen) atoms. The van der Waals surface area contributed by atoms with Gasteiger partial charge in [0.1, 0.15) is 0 Å². The van der Waals surface area contributed by atoms with Gasteiger partial charge in [-0.1, -0.05) is 57.8 Å². The van der Waals surface area contributed by atoms with Gasteiger partial charge in [-0.15, -0.1) is 0 Å². The molecule has 112 valence electrons. The summed E-state index contributed by atoms with van der Waals surface area (Å²) < 4.78 is 5.69. The summed E-state index contributed by atoms with van der Waals surface area (Å²) in [4.78, 5) is 2.72. The molecule has 1 atom stereocenters. The molecule has 0 aromatic rings. The molecule has 1 saturated carbocycles. The predicted octanol–water partition coefficient (Wildman–Crippen LogP) is 4.38. The number of hydrogen-bond donors (Lipinski definition) is 0. The van der Waals surface area contributed by atoms with Crippen molar-refractivity contribution in [3.8, 4) is 0 Å². The molecule has 1 unspecified atom stereocenters. The highest BCUT2D eigenvalue weighted by Gasteiger charge is 2.23. The van der Waals surface area contributed by atoms with E-state index in [1.807, 2.05) is 0 Å². The molecule has 2 fully saturated rings. The van der Waals surface area contributed by atoms with Crippen LogP contribution in [0.25, 0.3) is 0 Å². The monoisotopic (exact) mass is 267 g/mol. The second kappa shape index (κ2) is 8.97. The normalized spacial score (nSPS) is 30.5. The molecule has 0 bridgehead atoms. The smallest absolute Gasteiger partial charge is 0.0674 e. The molecular formula is C17H33NO. The van der Waals surface area contributed by atoms with E-state index < -0.39 is 0 Å². The Morgan fingerprint density at radius 3 is 1.84 bits per heavy atom. The molecule has 0 amide bonds. The molecule has 2 nitrogen and oxygen atoms in total. The maximum absolute atomic E-state index is 5.69. The van der Waals surface area contributed by atoms with Gasteiger partial charge in [0, 0.05) is 19.1 Å². The fourth-order valence-electron chi connectivity index (χ4n) is 3.68. The lowest BCUT2D eigenvalue weighted by Gasteiger charge is -2.37. The largest absolute Gasteiger partial charge is 0.376 e. The van der Waals surface area contributed by atoms with Crippen LogP contribution in [-0.2, 0) is 4.74 Å². The summed E-state index contributed by atoms with van der Waals surface area (Å²) in [7, 11) is 0. The van der Waals surface area contributed by atoms with Gasteiger partial charge in [-0.2, -0.15) is 0 Å². The Morgan fingerprint density at radius 2 is 1.32 bits per heavy atom. The first-order valence-electron chi connectivity index (χ1n) is 8.72. The summed E-state index contributed by atoms with van der Waals surface area (Å²) in [5.41, 5.74) is 0. The van der Waals surface area contributed by atoms with Gasteiger partial charge >= 0.3 is 0 Å². The van der Waals surface area contributed by atoms with E-state index in [1.165, 1.54) is 70.6 Å². The van der Waals surface area contributed by atoms with E-state index in [-0.39, 0.29) is 0 Å². The topological polar surface area (TPSA) is 12.5 Å². The van der Waals surface area contributed by atoms with E-state index in [9.17, 15) is 0 Å². The van der Waals surface area contributed by atoms with Gasteiger partial charge in [-0.3, -0.25) is 4.90 Å². The van der Waals surface area contributed by atoms with Gasteiger partial charge in [-0.25, -0.2) is 0 Å². The Bertz CT molecular complexity index is 219. The molecule has 0 aromatic heterocycles. The quantitative estimate of drug-likeness (QED) is 0.699. The van der Waals surface area contributed by atoms with Crippen LogP contribution in [0.2, 0.25) is 0 Å². The molecule has 0 aromatic carbocycles. The third-order valence-corrected chi connectivity index (χ3v) is 4.86. The number of rotatable bonds is 1. The summed E-state index contributed by atoms with van der Waals surface area (Å²) >= 11 is 0. The summed E-state index contributed by atoms with van der Waals surface area (Å²) in [5, 5.41) is 0. The molecule has 2 rings (SSSR count). The number of ether oxygens (including phenoxy) is 1. The van der Waals surface area contributed by atoms with Gasteiger partial charge in [0.25, 0.3) is 0 Å². The van der Waals surface area contributed by atoms with Crippen LogP contribution in [-0.4, -0.2) is 36.7 Å². The number of morpholine rings is 1. The van der Waals surface area contributed by atoms with Crippen LogP contribution < -0.4 is 0 Å². The minimum atomic E-state index is 0.440. The Balaban J connectivity index is 1.80. The van der Waals surface area contributed by atoms with Gasteiger partial charge in [0.05, 0.1) is 12.7 Å². The van der Waals surface area contributed by atoms with Crippen LogP contribution in [0.3, 0.4) is 0 Å². The molecular weight excluding hydrogens is 234 g/mol. The van der Waals surface area contributed by atoms with Crippen LogP contribution in [0.4, 0.5) is 0 Å².